The van der Waals surface area contributed by atoms with Crippen LogP contribution in [0.15, 0.2) is 243 Å². The number of aryl methyl sites for hydroxylation is 2. The molecule has 10 heteroatoms. The van der Waals surface area contributed by atoms with E-state index in [0.29, 0.717) is 25.7 Å². The molecule has 2 heterocycles. The van der Waals surface area contributed by atoms with Crippen molar-refractivity contribution in [2.45, 2.75) is 25.7 Å². The third-order valence-electron chi connectivity index (χ3n) is 14.1. The number of hydrogen-bond donors (Lipinski definition) is 0. The first-order valence-electron chi connectivity index (χ1n) is 25.8. The number of nitrogens with zero attached hydrogens (tertiary/aromatic N) is 4. The largest absolute Gasteiger partial charge is 0.469 e. The number of hydrogen-bond acceptors (Lipinski definition) is 6. The molecule has 0 fully saturated rings. The molecule has 0 spiro atoms. The predicted molar refractivity (Wildman–Crippen MR) is 337 cm³/mol. The zero-order valence-electron chi connectivity index (χ0n) is 43.1. The number of para-hydroxylation sites is 4. The maximum Gasteiger partial charge on any atom is 0.305 e. The van der Waals surface area contributed by atoms with Crippen LogP contribution in [-0.4, -0.2) is 35.3 Å². The Kier molecular flexibility index (Phi) is 15.7. The van der Waals surface area contributed by atoms with E-state index in [1.165, 1.54) is 48.9 Å². The van der Waals surface area contributed by atoms with Crippen LogP contribution in [0.1, 0.15) is 24.0 Å². The third kappa shape index (κ3) is 11.0. The lowest BCUT2D eigenvalue weighted by Crippen LogP contribution is -2.10. The molecule has 12 aromatic rings. The highest BCUT2D eigenvalue weighted by atomic mass is 127. The zero-order chi connectivity index (χ0) is 53.5. The van der Waals surface area contributed by atoms with Crippen LogP contribution in [0.25, 0.3) is 55.0 Å². The fraction of sp³-hybridized carbons (Fsp3) is 0.0882. The highest BCUT2D eigenvalue weighted by molar-refractivity contribution is 14.1. The lowest BCUT2D eigenvalue weighted by molar-refractivity contribution is -0.141. The number of benzene rings is 10. The van der Waals surface area contributed by atoms with E-state index >= 15 is 0 Å². The van der Waals surface area contributed by atoms with Crippen LogP contribution in [0.5, 0.6) is 0 Å². The van der Waals surface area contributed by atoms with E-state index in [1.54, 1.807) is 0 Å². The predicted octanol–water partition coefficient (Wildman–Crippen LogP) is 17.9. The van der Waals surface area contributed by atoms with Crippen molar-refractivity contribution in [1.29, 1.82) is 0 Å². The molecule has 0 N–H and O–H groups in total. The molecule has 0 bridgehead atoms. The fourth-order valence-electron chi connectivity index (χ4n) is 10.3. The van der Waals surface area contributed by atoms with Gasteiger partial charge in [-0.1, -0.05) is 97.1 Å². The summed E-state index contributed by atoms with van der Waals surface area (Å²) in [7, 11) is 2.85. The molecule has 0 unspecified atom stereocenters. The van der Waals surface area contributed by atoms with Gasteiger partial charge in [0.1, 0.15) is 0 Å². The molecule has 10 aromatic carbocycles. The number of fused-ring (bicyclic) bond motifs is 6. The van der Waals surface area contributed by atoms with Crippen molar-refractivity contribution in [1.82, 2.24) is 9.13 Å². The first-order chi connectivity index (χ1) is 38.2. The minimum absolute atomic E-state index is 0.214. The van der Waals surface area contributed by atoms with Crippen LogP contribution in [0.3, 0.4) is 0 Å². The molecule has 0 aliphatic rings. The van der Waals surface area contributed by atoms with Gasteiger partial charge >= 0.3 is 11.9 Å². The molecule has 0 radical (unpaired) electrons. The molecule has 0 saturated carbocycles. The summed E-state index contributed by atoms with van der Waals surface area (Å²) in [6.07, 6.45) is 1.91. The van der Waals surface area contributed by atoms with Crippen LogP contribution in [0.4, 0.5) is 34.1 Å². The van der Waals surface area contributed by atoms with Gasteiger partial charge in [-0.25, -0.2) is 0 Å². The number of ether oxygens (including phenoxy) is 2. The maximum atomic E-state index is 11.8. The highest BCUT2D eigenvalue weighted by Gasteiger charge is 2.21. The molecular weight excluding hydrogens is 1190 g/mol. The summed E-state index contributed by atoms with van der Waals surface area (Å²) in [6.45, 7) is 0. The Bertz CT molecular complexity index is 3830. The summed E-state index contributed by atoms with van der Waals surface area (Å²) >= 11 is 4.76. The standard InChI is InChI=1S/C50H43N3O4.C18H11I2N/c1-56-49(54)32-22-36-18-24-41(25-19-36)51(38-12-6-3-7-13-38)43-28-30-47-45(34-43)46-35-44(29-31-48(46)53(47)40-16-10-5-11-17-40)52(39-14-8-4-9-15-39)42-26-20-37(21-27-42)23-33-50(55)57-2;19-12-6-8-17-15(10-12)16-11-13(20)7-9-18(16)21(17)14-4-2-1-3-5-14/h3-21,24-31,34-35H,22-23,32-33H2,1-2H3;1-11H. The smallest absolute Gasteiger partial charge is 0.305 e. The summed E-state index contributed by atoms with van der Waals surface area (Å²) in [4.78, 5) is 28.2. The monoisotopic (exact) mass is 1240 g/mol. The van der Waals surface area contributed by atoms with E-state index in [4.69, 9.17) is 9.47 Å². The minimum Gasteiger partial charge on any atom is -0.469 e. The average molecular weight is 1250 g/mol. The summed E-state index contributed by atoms with van der Waals surface area (Å²) in [5.74, 6) is -0.429. The SMILES string of the molecule is COC(=O)CCc1ccc(N(c2ccccc2)c2ccc3c(c2)c2cc(N(c4ccccc4)c4ccc(CCC(=O)OC)cc4)ccc2n3-c2ccccc2)cc1.Ic1ccc2c(c1)c1cc(I)ccc1n2-c1ccccc1. The summed E-state index contributed by atoms with van der Waals surface area (Å²) in [5, 5.41) is 4.88. The molecule has 0 atom stereocenters. The Morgan fingerprint density at radius 3 is 1.00 bits per heavy atom. The number of aromatic nitrogens is 2. The first-order valence-corrected chi connectivity index (χ1v) is 28.0. The molecule has 384 valence electrons. The average Bonchev–Trinajstić information content (AvgIpc) is 4.23. The maximum absolute atomic E-state index is 11.8. The van der Waals surface area contributed by atoms with Gasteiger partial charge in [-0.05, 0) is 215 Å². The van der Waals surface area contributed by atoms with Gasteiger partial charge in [0.05, 0.1) is 36.3 Å². The number of anilines is 6. The molecule has 0 aliphatic carbocycles. The number of methoxy groups -OCH3 is 2. The summed E-state index contributed by atoms with van der Waals surface area (Å²) in [6, 6.07) is 85.4. The molecule has 0 amide bonds. The molecule has 0 aliphatic heterocycles. The number of esters is 2. The molecule has 2 aromatic heterocycles. The lowest BCUT2D eigenvalue weighted by atomic mass is 10.1. The number of halogens is 2. The topological polar surface area (TPSA) is 68.9 Å². The summed E-state index contributed by atoms with van der Waals surface area (Å²) < 4.78 is 17.0. The van der Waals surface area contributed by atoms with Crippen LogP contribution in [0, 0.1) is 7.14 Å². The van der Waals surface area contributed by atoms with Crippen molar-refractivity contribution in [3.05, 3.63) is 261 Å². The van der Waals surface area contributed by atoms with Crippen LogP contribution >= 0.6 is 45.2 Å². The van der Waals surface area contributed by atoms with E-state index in [2.05, 4.69) is 289 Å². The first kappa shape index (κ1) is 51.9. The Hall–Kier alpha value is -8.20. The van der Waals surface area contributed by atoms with Gasteiger partial charge in [0.15, 0.2) is 0 Å². The highest BCUT2D eigenvalue weighted by Crippen LogP contribution is 2.43. The molecular formula is C68H54I2N4O4. The number of carbonyl (C=O) groups excluding carboxylic acids is 2. The molecule has 0 saturated heterocycles. The number of carbonyl (C=O) groups is 2. The quantitative estimate of drug-likeness (QED) is 0.0798. The lowest BCUT2D eigenvalue weighted by Gasteiger charge is -2.26. The van der Waals surface area contributed by atoms with E-state index in [1.807, 2.05) is 18.2 Å². The van der Waals surface area contributed by atoms with Gasteiger partial charge in [-0.15, -0.1) is 0 Å². The second-order valence-electron chi connectivity index (χ2n) is 18.9. The van der Waals surface area contributed by atoms with E-state index < -0.39 is 0 Å². The van der Waals surface area contributed by atoms with E-state index in [0.717, 1.165) is 72.7 Å². The van der Waals surface area contributed by atoms with Crippen molar-refractivity contribution >= 4 is 135 Å². The van der Waals surface area contributed by atoms with Crippen LogP contribution in [0.2, 0.25) is 0 Å². The van der Waals surface area contributed by atoms with Crippen molar-refractivity contribution in [2.75, 3.05) is 24.0 Å². The Balaban J connectivity index is 0.000000254. The Morgan fingerprint density at radius 1 is 0.359 bits per heavy atom. The van der Waals surface area contributed by atoms with Gasteiger partial charge in [0, 0.05) is 87.0 Å². The fourth-order valence-corrected chi connectivity index (χ4v) is 11.3. The number of rotatable bonds is 14. The van der Waals surface area contributed by atoms with E-state index in [-0.39, 0.29) is 11.9 Å². The van der Waals surface area contributed by atoms with Gasteiger partial charge in [-0.2, -0.15) is 0 Å². The van der Waals surface area contributed by atoms with Crippen molar-refractivity contribution in [2.24, 2.45) is 0 Å². The normalized spacial score (nSPS) is 11.1. The Morgan fingerprint density at radius 2 is 0.654 bits per heavy atom. The second kappa shape index (κ2) is 23.6. The molecule has 8 nitrogen and oxygen atoms in total. The molecule has 78 heavy (non-hydrogen) atoms. The Labute approximate surface area is 481 Å². The summed E-state index contributed by atoms with van der Waals surface area (Å²) in [5.41, 5.74) is 15.3. The molecule has 12 rings (SSSR count). The van der Waals surface area contributed by atoms with E-state index in [9.17, 15) is 9.59 Å². The van der Waals surface area contributed by atoms with Crippen molar-refractivity contribution in [3.8, 4) is 11.4 Å². The minimum atomic E-state index is -0.214. The zero-order valence-corrected chi connectivity index (χ0v) is 47.4. The van der Waals surface area contributed by atoms with Crippen LogP contribution < -0.4 is 9.80 Å². The van der Waals surface area contributed by atoms with Gasteiger partial charge in [0.25, 0.3) is 0 Å². The van der Waals surface area contributed by atoms with Crippen molar-refractivity contribution in [3.63, 3.8) is 0 Å². The van der Waals surface area contributed by atoms with Gasteiger partial charge < -0.3 is 28.4 Å². The van der Waals surface area contributed by atoms with Crippen LogP contribution in [-0.2, 0) is 31.9 Å². The van der Waals surface area contributed by atoms with Crippen molar-refractivity contribution < 1.29 is 19.1 Å². The van der Waals surface area contributed by atoms with Gasteiger partial charge in [-0.3, -0.25) is 9.59 Å². The third-order valence-corrected chi connectivity index (χ3v) is 15.4. The van der Waals surface area contributed by atoms with Gasteiger partial charge in [0.2, 0.25) is 0 Å². The second-order valence-corrected chi connectivity index (χ2v) is 21.4.